The fourth-order valence-corrected chi connectivity index (χ4v) is 2.69. The number of likely N-dealkylation sites (N-methyl/N-ethyl adjacent to an activating group) is 1. The van der Waals surface area contributed by atoms with Crippen molar-refractivity contribution in [2.45, 2.75) is 12.7 Å². The average Bonchev–Trinajstić information content (AvgIpc) is 3.10. The van der Waals surface area contributed by atoms with Gasteiger partial charge in [-0.3, -0.25) is 9.89 Å². The highest BCUT2D eigenvalue weighted by Gasteiger charge is 2.18. The minimum absolute atomic E-state index is 0.167. The van der Waals surface area contributed by atoms with Gasteiger partial charge in [0.15, 0.2) is 0 Å². The topological polar surface area (TPSA) is 78.5 Å². The average molecular weight is 339 g/mol. The Kier molecular flexibility index (Phi) is 5.42. The number of aromatic amines is 1. The Morgan fingerprint density at radius 2 is 2.04 bits per heavy atom. The van der Waals surface area contributed by atoms with E-state index in [2.05, 4.69) is 10.2 Å². The van der Waals surface area contributed by atoms with Gasteiger partial charge in [0.25, 0.3) is 5.91 Å². The van der Waals surface area contributed by atoms with Crippen LogP contribution in [0.25, 0.3) is 10.9 Å². The molecule has 0 aliphatic heterocycles. The lowest BCUT2D eigenvalue weighted by Crippen LogP contribution is -2.36. The van der Waals surface area contributed by atoms with Gasteiger partial charge in [0.05, 0.1) is 36.6 Å². The van der Waals surface area contributed by atoms with Crippen molar-refractivity contribution in [1.29, 1.82) is 0 Å². The summed E-state index contributed by atoms with van der Waals surface area (Å²) < 4.78 is 5.52. The molecule has 0 bridgehead atoms. The van der Waals surface area contributed by atoms with Crippen LogP contribution < -0.4 is 0 Å². The molecule has 0 saturated carbocycles. The molecule has 1 unspecified atom stereocenters. The number of para-hydroxylation sites is 1. The van der Waals surface area contributed by atoms with E-state index in [1.54, 1.807) is 19.3 Å². The van der Waals surface area contributed by atoms with E-state index in [9.17, 15) is 9.90 Å². The summed E-state index contributed by atoms with van der Waals surface area (Å²) in [4.78, 5) is 14.1. The number of amides is 1. The standard InChI is InChI=1S/C19H21N3O3/c1-22(11-16(23)13-25-12-14-6-3-2-4-7-14)19(24)17-9-5-8-15-10-20-21-18(15)17/h2-10,16,23H,11-13H2,1H3,(H,20,21). The second-order valence-corrected chi connectivity index (χ2v) is 5.98. The first-order valence-electron chi connectivity index (χ1n) is 8.12. The van der Waals surface area contributed by atoms with Crippen LogP contribution in [0.3, 0.4) is 0 Å². The number of aliphatic hydroxyl groups excluding tert-OH is 1. The summed E-state index contributed by atoms with van der Waals surface area (Å²) in [6.45, 7) is 0.794. The molecular weight excluding hydrogens is 318 g/mol. The zero-order chi connectivity index (χ0) is 17.6. The van der Waals surface area contributed by atoms with Gasteiger partial charge in [-0.15, -0.1) is 0 Å². The third-order valence-corrected chi connectivity index (χ3v) is 3.96. The highest BCUT2D eigenvalue weighted by Crippen LogP contribution is 2.17. The van der Waals surface area contributed by atoms with Crippen molar-refractivity contribution in [3.8, 4) is 0 Å². The van der Waals surface area contributed by atoms with Crippen LogP contribution in [0.1, 0.15) is 15.9 Å². The van der Waals surface area contributed by atoms with Gasteiger partial charge >= 0.3 is 0 Å². The first kappa shape index (κ1) is 17.1. The van der Waals surface area contributed by atoms with E-state index in [0.29, 0.717) is 17.7 Å². The monoisotopic (exact) mass is 339 g/mol. The number of aliphatic hydroxyl groups is 1. The molecule has 0 fully saturated rings. The number of carbonyl (C=O) groups is 1. The number of H-pyrrole nitrogens is 1. The van der Waals surface area contributed by atoms with E-state index in [1.807, 2.05) is 42.5 Å². The maximum atomic E-state index is 12.6. The zero-order valence-electron chi connectivity index (χ0n) is 14.1. The molecule has 1 atom stereocenters. The number of aromatic nitrogens is 2. The third kappa shape index (κ3) is 4.23. The molecule has 0 aliphatic rings. The molecule has 0 spiro atoms. The Morgan fingerprint density at radius 3 is 2.84 bits per heavy atom. The van der Waals surface area contributed by atoms with E-state index in [1.165, 1.54) is 4.90 Å². The smallest absolute Gasteiger partial charge is 0.255 e. The minimum atomic E-state index is -0.751. The summed E-state index contributed by atoms with van der Waals surface area (Å²) in [5.41, 5.74) is 2.29. The van der Waals surface area contributed by atoms with E-state index in [4.69, 9.17) is 4.74 Å². The second-order valence-electron chi connectivity index (χ2n) is 5.98. The lowest BCUT2D eigenvalue weighted by atomic mass is 10.1. The molecular formula is C19H21N3O3. The van der Waals surface area contributed by atoms with Crippen molar-refractivity contribution in [2.75, 3.05) is 20.2 Å². The molecule has 1 aromatic heterocycles. The van der Waals surface area contributed by atoms with Gasteiger partial charge in [0.1, 0.15) is 0 Å². The zero-order valence-corrected chi connectivity index (χ0v) is 14.1. The first-order chi connectivity index (χ1) is 12.1. The molecule has 25 heavy (non-hydrogen) atoms. The number of hydrogen-bond acceptors (Lipinski definition) is 4. The maximum absolute atomic E-state index is 12.6. The number of rotatable bonds is 7. The van der Waals surface area contributed by atoms with E-state index in [0.717, 1.165) is 10.9 Å². The lowest BCUT2D eigenvalue weighted by molar-refractivity contribution is 0.0137. The van der Waals surface area contributed by atoms with Crippen LogP contribution in [0.4, 0.5) is 0 Å². The van der Waals surface area contributed by atoms with Crippen molar-refractivity contribution in [2.24, 2.45) is 0 Å². The van der Waals surface area contributed by atoms with Gasteiger partial charge in [-0.05, 0) is 11.6 Å². The highest BCUT2D eigenvalue weighted by molar-refractivity contribution is 6.05. The van der Waals surface area contributed by atoms with Gasteiger partial charge in [0, 0.05) is 19.0 Å². The van der Waals surface area contributed by atoms with Crippen LogP contribution in [-0.2, 0) is 11.3 Å². The third-order valence-electron chi connectivity index (χ3n) is 3.96. The van der Waals surface area contributed by atoms with Gasteiger partial charge < -0.3 is 14.7 Å². The summed E-state index contributed by atoms with van der Waals surface area (Å²) in [5.74, 6) is -0.169. The molecule has 0 radical (unpaired) electrons. The predicted molar refractivity (Wildman–Crippen MR) is 95.2 cm³/mol. The summed E-state index contributed by atoms with van der Waals surface area (Å²) >= 11 is 0. The Labute approximate surface area is 146 Å². The van der Waals surface area contributed by atoms with E-state index in [-0.39, 0.29) is 19.1 Å². The Balaban J connectivity index is 1.53. The fourth-order valence-electron chi connectivity index (χ4n) is 2.69. The SMILES string of the molecule is CN(CC(O)COCc1ccccc1)C(=O)c1cccc2cn[nH]c12. The van der Waals surface area contributed by atoms with Gasteiger partial charge in [-0.25, -0.2) is 0 Å². The molecule has 0 saturated heterocycles. The maximum Gasteiger partial charge on any atom is 0.255 e. The van der Waals surface area contributed by atoms with Crippen molar-refractivity contribution < 1.29 is 14.6 Å². The molecule has 0 aliphatic carbocycles. The molecule has 1 amide bonds. The van der Waals surface area contributed by atoms with E-state index < -0.39 is 6.10 Å². The number of nitrogens with zero attached hydrogens (tertiary/aromatic N) is 2. The highest BCUT2D eigenvalue weighted by atomic mass is 16.5. The molecule has 2 N–H and O–H groups in total. The predicted octanol–water partition coefficient (Wildman–Crippen LogP) is 2.21. The van der Waals surface area contributed by atoms with Crippen LogP contribution in [-0.4, -0.2) is 52.4 Å². The first-order valence-corrected chi connectivity index (χ1v) is 8.12. The van der Waals surface area contributed by atoms with Crippen molar-refractivity contribution >= 4 is 16.8 Å². The Bertz CT molecular complexity index is 832. The van der Waals surface area contributed by atoms with Crippen LogP contribution in [0.2, 0.25) is 0 Å². The minimum Gasteiger partial charge on any atom is -0.389 e. The van der Waals surface area contributed by atoms with Gasteiger partial charge in [-0.1, -0.05) is 42.5 Å². The molecule has 3 rings (SSSR count). The number of ether oxygens (including phenoxy) is 1. The van der Waals surface area contributed by atoms with Gasteiger partial charge in [-0.2, -0.15) is 5.10 Å². The molecule has 6 nitrogen and oxygen atoms in total. The summed E-state index contributed by atoms with van der Waals surface area (Å²) in [6.07, 6.45) is 0.928. The number of hydrogen-bond donors (Lipinski definition) is 2. The van der Waals surface area contributed by atoms with Crippen LogP contribution >= 0.6 is 0 Å². The Morgan fingerprint density at radius 1 is 1.24 bits per heavy atom. The van der Waals surface area contributed by atoms with Crippen molar-refractivity contribution in [1.82, 2.24) is 15.1 Å². The van der Waals surface area contributed by atoms with Crippen molar-refractivity contribution in [3.63, 3.8) is 0 Å². The van der Waals surface area contributed by atoms with Crippen molar-refractivity contribution in [3.05, 3.63) is 65.9 Å². The largest absolute Gasteiger partial charge is 0.389 e. The van der Waals surface area contributed by atoms with Crippen LogP contribution in [0.15, 0.2) is 54.7 Å². The second kappa shape index (κ2) is 7.92. The normalized spacial score (nSPS) is 12.2. The molecule has 6 heteroatoms. The number of carbonyl (C=O) groups excluding carboxylic acids is 1. The van der Waals surface area contributed by atoms with E-state index >= 15 is 0 Å². The summed E-state index contributed by atoms with van der Waals surface area (Å²) in [7, 11) is 1.66. The summed E-state index contributed by atoms with van der Waals surface area (Å²) in [5, 5.41) is 17.8. The number of benzene rings is 2. The molecule has 130 valence electrons. The molecule has 3 aromatic rings. The quantitative estimate of drug-likeness (QED) is 0.692. The molecule has 2 aromatic carbocycles. The Hall–Kier alpha value is -2.70. The number of nitrogens with one attached hydrogen (secondary N) is 1. The molecule has 1 heterocycles. The van der Waals surface area contributed by atoms with Gasteiger partial charge in [0.2, 0.25) is 0 Å². The number of fused-ring (bicyclic) bond motifs is 1. The summed E-state index contributed by atoms with van der Waals surface area (Å²) in [6, 6.07) is 15.2. The van der Waals surface area contributed by atoms with Crippen LogP contribution in [0.5, 0.6) is 0 Å². The van der Waals surface area contributed by atoms with Crippen LogP contribution in [0, 0.1) is 0 Å². The fraction of sp³-hybridized carbons (Fsp3) is 0.263. The lowest BCUT2D eigenvalue weighted by Gasteiger charge is -2.21.